The number of carbonyl (C=O) groups is 1. The molecule has 2 aromatic carbocycles. The fraction of sp³-hybridized carbons (Fsp3) is 0.269. The van der Waals surface area contributed by atoms with E-state index in [-0.39, 0.29) is 23.8 Å². The van der Waals surface area contributed by atoms with Gasteiger partial charge in [0, 0.05) is 34.7 Å². The third kappa shape index (κ3) is 3.00. The van der Waals surface area contributed by atoms with Crippen molar-refractivity contribution in [3.63, 3.8) is 0 Å². The number of hydrogen-bond acceptors (Lipinski definition) is 5. The van der Waals surface area contributed by atoms with E-state index in [0.29, 0.717) is 24.4 Å². The van der Waals surface area contributed by atoms with Crippen molar-refractivity contribution < 1.29 is 14.3 Å². The molecule has 7 rings (SSSR count). The fourth-order valence-corrected chi connectivity index (χ4v) is 5.53. The number of aromatic nitrogens is 3. The van der Waals surface area contributed by atoms with Crippen LogP contribution in [0.3, 0.4) is 0 Å². The maximum atomic E-state index is 11.7. The van der Waals surface area contributed by atoms with Crippen LogP contribution in [0, 0.1) is 0 Å². The number of amides is 1. The number of ether oxygens (including phenoxy) is 2. The van der Waals surface area contributed by atoms with Crippen molar-refractivity contribution in [1.29, 1.82) is 0 Å². The second kappa shape index (κ2) is 7.21. The van der Waals surface area contributed by atoms with Crippen molar-refractivity contribution in [3.8, 4) is 17.2 Å². The number of nitrogens with one attached hydrogen (secondary N) is 2. The van der Waals surface area contributed by atoms with E-state index in [9.17, 15) is 4.79 Å². The summed E-state index contributed by atoms with van der Waals surface area (Å²) in [5.74, 6) is 4.28. The maximum absolute atomic E-state index is 11.7. The van der Waals surface area contributed by atoms with E-state index >= 15 is 0 Å². The van der Waals surface area contributed by atoms with Gasteiger partial charge in [0.2, 0.25) is 5.91 Å². The average Bonchev–Trinajstić information content (AvgIpc) is 3.19. The van der Waals surface area contributed by atoms with E-state index in [2.05, 4.69) is 34.3 Å². The number of H-pyrrole nitrogens is 1. The lowest BCUT2D eigenvalue weighted by molar-refractivity contribution is -0.116. The lowest BCUT2D eigenvalue weighted by Gasteiger charge is -2.19. The lowest BCUT2D eigenvalue weighted by Crippen LogP contribution is -2.20. The minimum atomic E-state index is -0.0172. The van der Waals surface area contributed by atoms with Gasteiger partial charge in [0.1, 0.15) is 35.0 Å². The molecule has 0 unspecified atom stereocenters. The van der Waals surface area contributed by atoms with Crippen molar-refractivity contribution in [3.05, 3.63) is 70.1 Å². The smallest absolute Gasteiger partial charge is 0.225 e. The Morgan fingerprint density at radius 1 is 1.18 bits per heavy atom. The Hall–Kier alpha value is -3.58. The van der Waals surface area contributed by atoms with E-state index in [4.69, 9.17) is 26.1 Å². The van der Waals surface area contributed by atoms with Gasteiger partial charge < -0.3 is 19.8 Å². The molecule has 2 aliphatic heterocycles. The Labute approximate surface area is 200 Å². The highest BCUT2D eigenvalue weighted by Gasteiger charge is 2.61. The number of hydrogen-bond donors (Lipinski definition) is 2. The fourth-order valence-electron chi connectivity index (χ4n) is 5.23. The summed E-state index contributed by atoms with van der Waals surface area (Å²) < 4.78 is 12.5. The molecule has 34 heavy (non-hydrogen) atoms. The summed E-state index contributed by atoms with van der Waals surface area (Å²) >= 11 is 6.39. The summed E-state index contributed by atoms with van der Waals surface area (Å²) in [7, 11) is 0. The summed E-state index contributed by atoms with van der Waals surface area (Å²) in [6.45, 7) is 2.10. The SMILES string of the molecule is CCc1cc2[nH]c([C@@H]3[C@H]4Oc5ccc(Oc6ccnc7c6CCC(=O)N7)cc5[C@H]43)nc2cc1Cl. The summed E-state index contributed by atoms with van der Waals surface area (Å²) in [6.07, 6.45) is 3.66. The number of aromatic amines is 1. The first kappa shape index (κ1) is 19.9. The minimum Gasteiger partial charge on any atom is -0.489 e. The molecule has 1 aliphatic carbocycles. The average molecular weight is 473 g/mol. The monoisotopic (exact) mass is 472 g/mol. The van der Waals surface area contributed by atoms with Gasteiger partial charge in [-0.3, -0.25) is 4.79 Å². The molecule has 0 radical (unpaired) electrons. The zero-order chi connectivity index (χ0) is 23.0. The molecular formula is C26H21ClN4O3. The highest BCUT2D eigenvalue weighted by Crippen LogP contribution is 2.63. The highest BCUT2D eigenvalue weighted by molar-refractivity contribution is 6.32. The van der Waals surface area contributed by atoms with E-state index < -0.39 is 0 Å². The van der Waals surface area contributed by atoms with E-state index in [1.54, 1.807) is 6.20 Å². The molecular weight excluding hydrogens is 452 g/mol. The molecule has 8 heteroatoms. The van der Waals surface area contributed by atoms with Crippen LogP contribution in [0.15, 0.2) is 42.6 Å². The molecule has 2 aromatic heterocycles. The van der Waals surface area contributed by atoms with Gasteiger partial charge in [-0.15, -0.1) is 0 Å². The lowest BCUT2D eigenvalue weighted by atomic mass is 10.1. The number of benzene rings is 2. The molecule has 3 aliphatic rings. The van der Waals surface area contributed by atoms with Gasteiger partial charge in [0.25, 0.3) is 0 Å². The Bertz CT molecular complexity index is 1500. The van der Waals surface area contributed by atoms with Gasteiger partial charge >= 0.3 is 0 Å². The van der Waals surface area contributed by atoms with Crippen LogP contribution in [0.2, 0.25) is 5.02 Å². The third-order valence-corrected chi connectivity index (χ3v) is 7.37. The number of imidazole rings is 1. The van der Waals surface area contributed by atoms with Crippen molar-refractivity contribution in [1.82, 2.24) is 15.0 Å². The number of halogens is 1. The minimum absolute atomic E-state index is 0.0172. The largest absolute Gasteiger partial charge is 0.489 e. The molecule has 1 saturated carbocycles. The van der Waals surface area contributed by atoms with Gasteiger partial charge in [-0.1, -0.05) is 18.5 Å². The molecule has 0 bridgehead atoms. The molecule has 0 spiro atoms. The standard InChI is InChI=1S/C26H21ClN4O3/c1-2-12-9-17-18(11-16(12)27)30-26(29-17)23-22-15-10-13(3-5-19(15)34-24(22)23)33-20-7-8-28-25-14(20)4-6-21(32)31-25/h3,5,7-11,22-24H,2,4,6H2,1H3,(H,29,30)(H,28,31,32)/t22-,23-,24-/m0/s1. The molecule has 170 valence electrons. The Morgan fingerprint density at radius 3 is 2.97 bits per heavy atom. The van der Waals surface area contributed by atoms with E-state index in [1.165, 1.54) is 0 Å². The first-order chi connectivity index (χ1) is 16.6. The molecule has 2 N–H and O–H groups in total. The topological polar surface area (TPSA) is 89.1 Å². The first-order valence-electron chi connectivity index (χ1n) is 11.5. The van der Waals surface area contributed by atoms with Crippen LogP contribution in [0.5, 0.6) is 17.2 Å². The molecule has 4 aromatic rings. The summed E-state index contributed by atoms with van der Waals surface area (Å²) in [5.41, 5.74) is 5.06. The second-order valence-electron chi connectivity index (χ2n) is 9.06. The molecule has 3 atom stereocenters. The Balaban J connectivity index is 1.17. The number of aryl methyl sites for hydroxylation is 1. The maximum Gasteiger partial charge on any atom is 0.225 e. The zero-order valence-electron chi connectivity index (χ0n) is 18.4. The number of carbonyl (C=O) groups excluding carboxylic acids is 1. The number of fused-ring (bicyclic) bond motifs is 5. The van der Waals surface area contributed by atoms with Crippen molar-refractivity contribution >= 4 is 34.4 Å². The predicted octanol–water partition coefficient (Wildman–Crippen LogP) is 5.49. The predicted molar refractivity (Wildman–Crippen MR) is 128 cm³/mol. The van der Waals surface area contributed by atoms with Crippen molar-refractivity contribution in [2.75, 3.05) is 5.32 Å². The van der Waals surface area contributed by atoms with Crippen LogP contribution in [0.4, 0.5) is 5.82 Å². The highest BCUT2D eigenvalue weighted by atomic mass is 35.5. The molecule has 7 nitrogen and oxygen atoms in total. The van der Waals surface area contributed by atoms with Crippen LogP contribution in [0.25, 0.3) is 11.0 Å². The number of rotatable bonds is 4. The van der Waals surface area contributed by atoms with Gasteiger partial charge in [-0.2, -0.15) is 0 Å². The van der Waals surface area contributed by atoms with Crippen LogP contribution in [-0.4, -0.2) is 27.0 Å². The second-order valence-corrected chi connectivity index (χ2v) is 9.46. The van der Waals surface area contributed by atoms with Crippen LogP contribution in [0.1, 0.15) is 47.7 Å². The van der Waals surface area contributed by atoms with Crippen molar-refractivity contribution in [2.45, 2.75) is 44.1 Å². The van der Waals surface area contributed by atoms with Crippen LogP contribution in [-0.2, 0) is 17.6 Å². The summed E-state index contributed by atoms with van der Waals surface area (Å²) in [4.78, 5) is 24.3. The Morgan fingerprint density at radius 2 is 2.09 bits per heavy atom. The van der Waals surface area contributed by atoms with Gasteiger partial charge in [-0.05, 0) is 54.8 Å². The van der Waals surface area contributed by atoms with E-state index in [0.717, 1.165) is 56.5 Å². The van der Waals surface area contributed by atoms with Crippen LogP contribution >= 0.6 is 11.6 Å². The molecule has 1 amide bonds. The number of anilines is 1. The molecule has 0 saturated heterocycles. The molecule has 4 heterocycles. The Kier molecular flexibility index (Phi) is 4.21. The normalized spacial score (nSPS) is 21.9. The summed E-state index contributed by atoms with van der Waals surface area (Å²) in [5, 5.41) is 3.57. The summed E-state index contributed by atoms with van der Waals surface area (Å²) in [6, 6.07) is 11.8. The van der Waals surface area contributed by atoms with Gasteiger partial charge in [0.15, 0.2) is 0 Å². The van der Waals surface area contributed by atoms with E-state index in [1.807, 2.05) is 24.3 Å². The van der Waals surface area contributed by atoms with Gasteiger partial charge in [-0.25, -0.2) is 9.97 Å². The quantitative estimate of drug-likeness (QED) is 0.410. The first-order valence-corrected chi connectivity index (χ1v) is 11.9. The molecule has 1 fully saturated rings. The van der Waals surface area contributed by atoms with Crippen LogP contribution < -0.4 is 14.8 Å². The number of pyridine rings is 1. The third-order valence-electron chi connectivity index (χ3n) is 7.02. The zero-order valence-corrected chi connectivity index (χ0v) is 19.1. The van der Waals surface area contributed by atoms with Crippen molar-refractivity contribution in [2.24, 2.45) is 0 Å². The number of nitrogens with zero attached hydrogens (tertiary/aromatic N) is 2. The van der Waals surface area contributed by atoms with Gasteiger partial charge in [0.05, 0.1) is 17.0 Å².